The summed E-state index contributed by atoms with van der Waals surface area (Å²) in [7, 11) is 0. The second kappa shape index (κ2) is 14.6. The molecule has 0 bridgehead atoms. The minimum absolute atomic E-state index is 0.0376. The number of carbonyl (C=O) groups excluding carboxylic acids is 2. The van der Waals surface area contributed by atoms with Gasteiger partial charge in [-0.05, 0) is 74.1 Å². The van der Waals surface area contributed by atoms with E-state index in [0.29, 0.717) is 13.0 Å². The van der Waals surface area contributed by atoms with Crippen molar-refractivity contribution < 1.29 is 14.7 Å². The van der Waals surface area contributed by atoms with E-state index < -0.39 is 18.1 Å². The van der Waals surface area contributed by atoms with Crippen LogP contribution < -0.4 is 10.6 Å². The van der Waals surface area contributed by atoms with Gasteiger partial charge in [-0.2, -0.15) is 0 Å². The predicted octanol–water partition coefficient (Wildman–Crippen LogP) is 4.22. The fourth-order valence-electron chi connectivity index (χ4n) is 4.96. The van der Waals surface area contributed by atoms with Crippen LogP contribution in [0.4, 0.5) is 0 Å². The number of aliphatic hydroxyl groups is 1. The first-order valence-corrected chi connectivity index (χ1v) is 13.3. The van der Waals surface area contributed by atoms with Gasteiger partial charge in [0.25, 0.3) is 5.91 Å². The molecule has 3 rings (SSSR count). The van der Waals surface area contributed by atoms with Crippen molar-refractivity contribution in [3.8, 4) is 0 Å². The van der Waals surface area contributed by atoms with Gasteiger partial charge < -0.3 is 15.7 Å². The number of carbonyl (C=O) groups is 2. The molecule has 35 heavy (non-hydrogen) atoms. The number of nitrogens with one attached hydrogen (secondary N) is 2. The van der Waals surface area contributed by atoms with Gasteiger partial charge in [0.2, 0.25) is 5.91 Å². The Labute approximate surface area is 209 Å². The summed E-state index contributed by atoms with van der Waals surface area (Å²) in [5.74, 6) is 0.207. The molecule has 6 nitrogen and oxygen atoms in total. The van der Waals surface area contributed by atoms with Crippen molar-refractivity contribution in [3.63, 3.8) is 0 Å². The molecule has 0 saturated heterocycles. The molecule has 1 aliphatic carbocycles. The number of hydrogen-bond acceptors (Lipinski definition) is 4. The summed E-state index contributed by atoms with van der Waals surface area (Å²) >= 11 is 0. The average molecular weight is 480 g/mol. The summed E-state index contributed by atoms with van der Waals surface area (Å²) in [6, 6.07) is 12.9. The standard InChI is InChI=1S/C29H41N3O3/c1-2-3-8-22-12-14-25(15-13-22)28(34)32-26(21-24-9-5-4-6-10-24)27(33)29(35)31-18-7-11-23-16-19-30-20-17-23/h4-6,9-10,16-17,19-20,22,25-27,33H,2-3,7-8,11-15,18,21H2,1H3,(H,31,35)(H,32,34)/t22?,25?,26-,27-/m0/s1. The molecule has 0 aliphatic heterocycles. The first kappa shape index (κ1) is 26.9. The lowest BCUT2D eigenvalue weighted by Crippen LogP contribution is -2.53. The fourth-order valence-corrected chi connectivity index (χ4v) is 4.96. The largest absolute Gasteiger partial charge is 0.381 e. The van der Waals surface area contributed by atoms with Crippen LogP contribution in [0.15, 0.2) is 54.9 Å². The number of pyridine rings is 1. The Bertz CT molecular complexity index is 883. The van der Waals surface area contributed by atoms with Crippen molar-refractivity contribution in [1.29, 1.82) is 0 Å². The van der Waals surface area contributed by atoms with Gasteiger partial charge in [0.1, 0.15) is 0 Å². The molecular weight excluding hydrogens is 438 g/mol. The molecule has 1 aliphatic rings. The average Bonchev–Trinajstić information content (AvgIpc) is 2.90. The Morgan fingerprint density at radius 1 is 1.00 bits per heavy atom. The van der Waals surface area contributed by atoms with Crippen molar-refractivity contribution in [2.45, 2.75) is 83.3 Å². The molecule has 190 valence electrons. The van der Waals surface area contributed by atoms with Gasteiger partial charge in [-0.15, -0.1) is 0 Å². The molecule has 1 aromatic heterocycles. The number of nitrogens with zero attached hydrogens (tertiary/aromatic N) is 1. The zero-order chi connectivity index (χ0) is 24.9. The Kier molecular flexibility index (Phi) is 11.2. The molecular formula is C29H41N3O3. The van der Waals surface area contributed by atoms with Crippen LogP contribution in [0.2, 0.25) is 0 Å². The normalized spacial score (nSPS) is 19.5. The topological polar surface area (TPSA) is 91.3 Å². The minimum Gasteiger partial charge on any atom is -0.381 e. The first-order valence-electron chi connectivity index (χ1n) is 13.3. The van der Waals surface area contributed by atoms with Gasteiger partial charge in [-0.25, -0.2) is 0 Å². The number of hydrogen-bond donors (Lipinski definition) is 3. The smallest absolute Gasteiger partial charge is 0.251 e. The van der Waals surface area contributed by atoms with Crippen LogP contribution >= 0.6 is 0 Å². The van der Waals surface area contributed by atoms with E-state index in [0.717, 1.165) is 55.6 Å². The SMILES string of the molecule is CCCCC1CCC(C(=O)N[C@@H](Cc2ccccc2)[C@H](O)C(=O)NCCCc2ccncc2)CC1. The van der Waals surface area contributed by atoms with E-state index in [1.165, 1.54) is 19.3 Å². The van der Waals surface area contributed by atoms with E-state index >= 15 is 0 Å². The zero-order valence-corrected chi connectivity index (χ0v) is 21.0. The number of aliphatic hydroxyl groups excluding tert-OH is 1. The van der Waals surface area contributed by atoms with Gasteiger partial charge in [0.15, 0.2) is 6.10 Å². The molecule has 1 heterocycles. The molecule has 2 atom stereocenters. The molecule has 0 radical (unpaired) electrons. The van der Waals surface area contributed by atoms with E-state index in [1.54, 1.807) is 12.4 Å². The molecule has 0 unspecified atom stereocenters. The van der Waals surface area contributed by atoms with Crippen LogP contribution in [-0.4, -0.2) is 40.6 Å². The number of aromatic nitrogens is 1. The predicted molar refractivity (Wildman–Crippen MR) is 139 cm³/mol. The Morgan fingerprint density at radius 2 is 1.71 bits per heavy atom. The van der Waals surface area contributed by atoms with Crippen molar-refractivity contribution >= 4 is 11.8 Å². The Morgan fingerprint density at radius 3 is 2.40 bits per heavy atom. The molecule has 1 saturated carbocycles. The van der Waals surface area contributed by atoms with Gasteiger partial charge in [-0.3, -0.25) is 14.6 Å². The number of aryl methyl sites for hydroxylation is 1. The lowest BCUT2D eigenvalue weighted by molar-refractivity contribution is -0.133. The molecule has 3 N–H and O–H groups in total. The monoisotopic (exact) mass is 479 g/mol. The first-order chi connectivity index (χ1) is 17.1. The number of rotatable bonds is 13. The van der Waals surface area contributed by atoms with Gasteiger partial charge in [0, 0.05) is 24.9 Å². The van der Waals surface area contributed by atoms with Gasteiger partial charge in [-0.1, -0.05) is 56.5 Å². The molecule has 2 amide bonds. The third-order valence-corrected chi connectivity index (χ3v) is 7.15. The van der Waals surface area contributed by atoms with Crippen molar-refractivity contribution in [3.05, 3.63) is 66.0 Å². The van der Waals surface area contributed by atoms with E-state index in [1.807, 2.05) is 42.5 Å². The van der Waals surface area contributed by atoms with E-state index in [4.69, 9.17) is 0 Å². The number of unbranched alkanes of at least 4 members (excludes halogenated alkanes) is 1. The summed E-state index contributed by atoms with van der Waals surface area (Å²) in [5.41, 5.74) is 2.14. The third-order valence-electron chi connectivity index (χ3n) is 7.15. The Balaban J connectivity index is 1.53. The van der Waals surface area contributed by atoms with Crippen molar-refractivity contribution in [2.24, 2.45) is 11.8 Å². The highest BCUT2D eigenvalue weighted by atomic mass is 16.3. The van der Waals surface area contributed by atoms with E-state index in [-0.39, 0.29) is 11.8 Å². The van der Waals surface area contributed by atoms with Gasteiger partial charge >= 0.3 is 0 Å². The highest BCUT2D eigenvalue weighted by Crippen LogP contribution is 2.32. The van der Waals surface area contributed by atoms with Crippen LogP contribution in [0, 0.1) is 11.8 Å². The van der Waals surface area contributed by atoms with Crippen LogP contribution in [-0.2, 0) is 22.4 Å². The summed E-state index contributed by atoms with van der Waals surface area (Å²) < 4.78 is 0. The molecule has 1 aromatic carbocycles. The van der Waals surface area contributed by atoms with Crippen molar-refractivity contribution in [1.82, 2.24) is 15.6 Å². The minimum atomic E-state index is -1.30. The fraction of sp³-hybridized carbons (Fsp3) is 0.552. The Hall–Kier alpha value is -2.73. The van der Waals surface area contributed by atoms with Gasteiger partial charge in [0.05, 0.1) is 6.04 Å². The summed E-state index contributed by atoms with van der Waals surface area (Å²) in [4.78, 5) is 29.9. The van der Waals surface area contributed by atoms with Crippen LogP contribution in [0.3, 0.4) is 0 Å². The van der Waals surface area contributed by atoms with Crippen LogP contribution in [0.1, 0.15) is 69.4 Å². The quantitative estimate of drug-likeness (QED) is 0.375. The molecule has 6 heteroatoms. The summed E-state index contributed by atoms with van der Waals surface area (Å²) in [6.07, 6.45) is 11.9. The molecule has 1 fully saturated rings. The second-order valence-electron chi connectivity index (χ2n) is 9.86. The lowest BCUT2D eigenvalue weighted by atomic mass is 9.79. The number of amides is 2. The van der Waals surface area contributed by atoms with Crippen molar-refractivity contribution in [2.75, 3.05) is 6.54 Å². The maximum absolute atomic E-state index is 13.1. The zero-order valence-electron chi connectivity index (χ0n) is 21.0. The summed E-state index contributed by atoms with van der Waals surface area (Å²) in [5, 5.41) is 16.8. The second-order valence-corrected chi connectivity index (χ2v) is 9.86. The van der Waals surface area contributed by atoms with E-state index in [2.05, 4.69) is 22.5 Å². The summed E-state index contributed by atoms with van der Waals surface area (Å²) in [6.45, 7) is 2.68. The lowest BCUT2D eigenvalue weighted by Gasteiger charge is -2.30. The van der Waals surface area contributed by atoms with Crippen LogP contribution in [0.25, 0.3) is 0 Å². The third kappa shape index (κ3) is 9.10. The maximum Gasteiger partial charge on any atom is 0.251 e. The maximum atomic E-state index is 13.1. The molecule has 2 aromatic rings. The highest BCUT2D eigenvalue weighted by molar-refractivity contribution is 5.84. The number of benzene rings is 1. The molecule has 0 spiro atoms. The van der Waals surface area contributed by atoms with Crippen LogP contribution in [0.5, 0.6) is 0 Å². The van der Waals surface area contributed by atoms with E-state index in [9.17, 15) is 14.7 Å². The highest BCUT2D eigenvalue weighted by Gasteiger charge is 2.32.